The van der Waals surface area contributed by atoms with E-state index in [1.807, 2.05) is 24.3 Å². The Morgan fingerprint density at radius 3 is 2.90 bits per heavy atom. The number of hydrogen-bond donors (Lipinski definition) is 1. The Morgan fingerprint density at radius 2 is 2.03 bits per heavy atom. The van der Waals surface area contributed by atoms with Gasteiger partial charge < -0.3 is 9.26 Å². The minimum Gasteiger partial charge on any atom is -0.488 e. The van der Waals surface area contributed by atoms with E-state index in [2.05, 4.69) is 15.6 Å². The van der Waals surface area contributed by atoms with Crippen LogP contribution in [0.15, 0.2) is 59.1 Å². The monoisotopic (exact) mass is 390 g/mol. The van der Waals surface area contributed by atoms with E-state index in [1.54, 1.807) is 23.9 Å². The summed E-state index contributed by atoms with van der Waals surface area (Å²) < 4.78 is 26.0. The van der Waals surface area contributed by atoms with Crippen molar-refractivity contribution in [3.63, 3.8) is 0 Å². The Morgan fingerprint density at radius 1 is 1.17 bits per heavy atom. The van der Waals surface area contributed by atoms with Crippen LogP contribution in [0.3, 0.4) is 0 Å². The summed E-state index contributed by atoms with van der Waals surface area (Å²) in [6.45, 7) is 0.244. The summed E-state index contributed by atoms with van der Waals surface area (Å²) in [5.41, 5.74) is 3.65. The molecule has 4 aromatic rings. The molecule has 0 aliphatic carbocycles. The van der Waals surface area contributed by atoms with E-state index in [0.717, 1.165) is 17.0 Å². The van der Waals surface area contributed by atoms with Gasteiger partial charge in [0, 0.05) is 29.8 Å². The van der Waals surface area contributed by atoms with Crippen molar-refractivity contribution in [2.45, 2.75) is 6.61 Å². The zero-order valence-corrected chi connectivity index (χ0v) is 15.3. The summed E-state index contributed by atoms with van der Waals surface area (Å²) in [6.07, 6.45) is 0. The molecule has 1 aliphatic heterocycles. The predicted octanol–water partition coefficient (Wildman–Crippen LogP) is 4.03. The highest BCUT2D eigenvalue weighted by Crippen LogP contribution is 2.38. The van der Waals surface area contributed by atoms with Gasteiger partial charge in [0.15, 0.2) is 5.69 Å². The van der Waals surface area contributed by atoms with Gasteiger partial charge in [0.1, 0.15) is 23.9 Å². The van der Waals surface area contributed by atoms with Crippen LogP contribution in [0.1, 0.15) is 16.1 Å². The van der Waals surface area contributed by atoms with Crippen molar-refractivity contribution >= 4 is 11.8 Å². The topological polar surface area (TPSA) is 82.2 Å². The number of aryl methyl sites for hydroxylation is 1. The number of carbonyl (C=O) groups excluding carboxylic acids is 1. The van der Waals surface area contributed by atoms with Gasteiger partial charge in [-0.3, -0.25) is 14.8 Å². The van der Waals surface area contributed by atoms with Crippen LogP contribution in [0.4, 0.5) is 10.3 Å². The average Bonchev–Trinajstić information content (AvgIpc) is 3.33. The second-order valence-electron chi connectivity index (χ2n) is 6.63. The molecule has 0 saturated carbocycles. The molecule has 3 heterocycles. The molecule has 29 heavy (non-hydrogen) atoms. The highest BCUT2D eigenvalue weighted by atomic mass is 19.1. The molecule has 2 aromatic heterocycles. The first kappa shape index (κ1) is 17.2. The molecule has 0 radical (unpaired) electrons. The van der Waals surface area contributed by atoms with Gasteiger partial charge in [-0.15, -0.1) is 0 Å². The average molecular weight is 390 g/mol. The number of ether oxygens (including phenoxy) is 1. The van der Waals surface area contributed by atoms with Crippen LogP contribution >= 0.6 is 0 Å². The molecule has 2 aromatic carbocycles. The number of nitrogens with one attached hydrogen (secondary N) is 1. The molecule has 1 amide bonds. The van der Waals surface area contributed by atoms with Crippen LogP contribution < -0.4 is 10.1 Å². The van der Waals surface area contributed by atoms with Gasteiger partial charge in [0.25, 0.3) is 5.91 Å². The van der Waals surface area contributed by atoms with Gasteiger partial charge >= 0.3 is 0 Å². The van der Waals surface area contributed by atoms with Crippen LogP contribution in [-0.4, -0.2) is 20.8 Å². The molecule has 0 fully saturated rings. The van der Waals surface area contributed by atoms with Crippen LogP contribution in [-0.2, 0) is 13.7 Å². The number of halogens is 1. The summed E-state index contributed by atoms with van der Waals surface area (Å²) in [4.78, 5) is 12.8. The fourth-order valence-electron chi connectivity index (χ4n) is 3.45. The van der Waals surface area contributed by atoms with E-state index in [4.69, 9.17) is 9.26 Å². The van der Waals surface area contributed by atoms with Crippen molar-refractivity contribution in [2.75, 3.05) is 5.32 Å². The number of anilines is 1. The zero-order valence-electron chi connectivity index (χ0n) is 15.3. The fourth-order valence-corrected chi connectivity index (χ4v) is 3.45. The number of aromatic nitrogens is 3. The number of fused-ring (bicyclic) bond motifs is 3. The van der Waals surface area contributed by atoms with Crippen molar-refractivity contribution in [1.82, 2.24) is 14.9 Å². The number of rotatable bonds is 3. The van der Waals surface area contributed by atoms with Gasteiger partial charge in [0.05, 0.1) is 5.69 Å². The number of benzene rings is 2. The lowest BCUT2D eigenvalue weighted by Gasteiger charge is -2.18. The lowest BCUT2D eigenvalue weighted by Crippen LogP contribution is -2.16. The smallest absolute Gasteiger partial charge is 0.278 e. The second kappa shape index (κ2) is 6.59. The van der Waals surface area contributed by atoms with Crippen molar-refractivity contribution in [3.8, 4) is 28.3 Å². The van der Waals surface area contributed by atoms with Crippen LogP contribution in [0.5, 0.6) is 5.75 Å². The molecule has 1 aliphatic rings. The lowest BCUT2D eigenvalue weighted by molar-refractivity contribution is 0.101. The number of para-hydroxylation sites is 1. The highest BCUT2D eigenvalue weighted by Gasteiger charge is 2.28. The number of amides is 1. The minimum absolute atomic E-state index is 0.144. The molecule has 0 atom stereocenters. The summed E-state index contributed by atoms with van der Waals surface area (Å²) in [5, 5.41) is 10.9. The molecule has 0 saturated heterocycles. The Bertz CT molecular complexity index is 1240. The van der Waals surface area contributed by atoms with E-state index >= 15 is 0 Å². The first-order valence-electron chi connectivity index (χ1n) is 8.92. The highest BCUT2D eigenvalue weighted by molar-refractivity contribution is 6.04. The third-order valence-corrected chi connectivity index (χ3v) is 4.74. The molecular weight excluding hydrogens is 375 g/mol. The molecule has 8 heteroatoms. The standard InChI is InChI=1S/C21H15FN4O3/c1-26-20-14-7-2-3-8-17(14)28-11-15(20)19(24-26)21(27)23-18-10-16(25-29-18)12-5-4-6-13(22)9-12/h2-10H,11H2,1H3,(H,23,27). The van der Waals surface area contributed by atoms with Crippen molar-refractivity contribution in [3.05, 3.63) is 71.7 Å². The third kappa shape index (κ3) is 2.94. The largest absolute Gasteiger partial charge is 0.488 e. The van der Waals surface area contributed by atoms with Gasteiger partial charge in [-0.05, 0) is 24.3 Å². The van der Waals surface area contributed by atoms with Crippen molar-refractivity contribution in [2.24, 2.45) is 7.05 Å². The van der Waals surface area contributed by atoms with E-state index < -0.39 is 5.91 Å². The first-order chi connectivity index (χ1) is 14.1. The van der Waals surface area contributed by atoms with E-state index in [-0.39, 0.29) is 24.0 Å². The quantitative estimate of drug-likeness (QED) is 0.571. The van der Waals surface area contributed by atoms with Gasteiger partial charge in [-0.1, -0.05) is 29.4 Å². The first-order valence-corrected chi connectivity index (χ1v) is 8.92. The summed E-state index contributed by atoms with van der Waals surface area (Å²) in [6, 6.07) is 15.1. The van der Waals surface area contributed by atoms with Gasteiger partial charge in [-0.2, -0.15) is 5.10 Å². The number of hydrogen-bond acceptors (Lipinski definition) is 5. The van der Waals surface area contributed by atoms with Crippen LogP contribution in [0.2, 0.25) is 0 Å². The number of carbonyl (C=O) groups is 1. The maximum atomic E-state index is 13.4. The molecule has 0 unspecified atom stereocenters. The maximum absolute atomic E-state index is 13.4. The SMILES string of the molecule is Cn1nc(C(=O)Nc2cc(-c3cccc(F)c3)no2)c2c1-c1ccccc1OC2. The van der Waals surface area contributed by atoms with Crippen molar-refractivity contribution < 1.29 is 18.4 Å². The fraction of sp³-hybridized carbons (Fsp3) is 0.0952. The summed E-state index contributed by atoms with van der Waals surface area (Å²) >= 11 is 0. The molecular formula is C21H15FN4O3. The molecule has 144 valence electrons. The molecule has 1 N–H and O–H groups in total. The Hall–Kier alpha value is -3.94. The third-order valence-electron chi connectivity index (χ3n) is 4.74. The van der Waals surface area contributed by atoms with Gasteiger partial charge in [-0.25, -0.2) is 4.39 Å². The van der Waals surface area contributed by atoms with E-state index in [1.165, 1.54) is 18.2 Å². The molecule has 0 bridgehead atoms. The number of nitrogens with zero attached hydrogens (tertiary/aromatic N) is 3. The second-order valence-corrected chi connectivity index (χ2v) is 6.63. The lowest BCUT2D eigenvalue weighted by atomic mass is 10.0. The zero-order chi connectivity index (χ0) is 20.0. The Labute approximate surface area is 164 Å². The Balaban J connectivity index is 1.43. The maximum Gasteiger partial charge on any atom is 0.278 e. The minimum atomic E-state index is -0.438. The normalized spacial score (nSPS) is 12.1. The predicted molar refractivity (Wildman–Crippen MR) is 103 cm³/mol. The Kier molecular flexibility index (Phi) is 3.90. The van der Waals surface area contributed by atoms with Gasteiger partial charge in [0.2, 0.25) is 5.88 Å². The molecule has 7 nitrogen and oxygen atoms in total. The summed E-state index contributed by atoms with van der Waals surface area (Å²) in [5.74, 6) is 0.0824. The van der Waals surface area contributed by atoms with E-state index in [0.29, 0.717) is 16.8 Å². The van der Waals surface area contributed by atoms with Crippen LogP contribution in [0, 0.1) is 5.82 Å². The summed E-state index contributed by atoms with van der Waals surface area (Å²) in [7, 11) is 1.79. The van der Waals surface area contributed by atoms with Crippen molar-refractivity contribution in [1.29, 1.82) is 0 Å². The van der Waals surface area contributed by atoms with Crippen LogP contribution in [0.25, 0.3) is 22.5 Å². The molecule has 5 rings (SSSR count). The molecule has 0 spiro atoms. The van der Waals surface area contributed by atoms with E-state index in [9.17, 15) is 9.18 Å².